The Morgan fingerprint density at radius 1 is 0.434 bits per heavy atom. The van der Waals surface area contributed by atoms with Crippen molar-refractivity contribution in [3.63, 3.8) is 0 Å². The minimum absolute atomic E-state index is 0.234. The van der Waals surface area contributed by atoms with Crippen molar-refractivity contribution in [2.75, 3.05) is 4.90 Å². The van der Waals surface area contributed by atoms with Crippen LogP contribution >= 0.6 is 11.8 Å². The summed E-state index contributed by atoms with van der Waals surface area (Å²) in [6, 6.07) is 50.9. The smallest absolute Gasteiger partial charge is 0.238 e. The highest BCUT2D eigenvalue weighted by atomic mass is 32.2. The summed E-state index contributed by atoms with van der Waals surface area (Å²) in [5, 5.41) is 3.75. The topological polar surface area (TPSA) is 155 Å². The molecule has 7 aromatic heterocycles. The normalized spacial score (nSPS) is 12.1. The second-order valence-electron chi connectivity index (χ2n) is 18.0. The number of rotatable bonds is 6. The Balaban J connectivity index is 0.990. The van der Waals surface area contributed by atoms with E-state index in [9.17, 15) is 0 Å². The first kappa shape index (κ1) is 42.9. The first-order valence-corrected chi connectivity index (χ1v) is 24.8. The number of aromatic nitrogens is 13. The van der Waals surface area contributed by atoms with E-state index in [1.54, 1.807) is 36.5 Å². The third-order valence-corrected chi connectivity index (χ3v) is 14.8. The molecule has 0 aliphatic carbocycles. The van der Waals surface area contributed by atoms with Gasteiger partial charge in [0.15, 0.2) is 22.9 Å². The van der Waals surface area contributed by atoms with Crippen molar-refractivity contribution >= 4 is 94.8 Å². The lowest BCUT2D eigenvalue weighted by molar-refractivity contribution is 0.942. The lowest BCUT2D eigenvalue weighted by Gasteiger charge is -2.33. The molecule has 0 amide bonds. The molecule has 8 heterocycles. The Hall–Kier alpha value is -10.7. The summed E-state index contributed by atoms with van der Waals surface area (Å²) in [4.78, 5) is 56.1. The Morgan fingerprint density at radius 2 is 1.03 bits per heavy atom. The van der Waals surface area contributed by atoms with Crippen LogP contribution in [0.4, 0.5) is 17.1 Å². The van der Waals surface area contributed by atoms with Gasteiger partial charge in [0.2, 0.25) is 5.95 Å². The molecule has 14 aromatic rings. The Kier molecular flexibility index (Phi) is 9.55. The van der Waals surface area contributed by atoms with Gasteiger partial charge in [-0.1, -0.05) is 84.3 Å². The zero-order valence-electron chi connectivity index (χ0n) is 39.6. The average molecular weight is 993 g/mol. The van der Waals surface area contributed by atoms with Crippen molar-refractivity contribution in [1.82, 2.24) is 64.0 Å². The molecule has 0 N–H and O–H groups in total. The molecule has 1 aliphatic rings. The van der Waals surface area contributed by atoms with Gasteiger partial charge in [-0.25, -0.2) is 44.9 Å². The van der Waals surface area contributed by atoms with Gasteiger partial charge in [-0.15, -0.1) is 12.8 Å². The van der Waals surface area contributed by atoms with Crippen LogP contribution in [0.5, 0.6) is 0 Å². The molecule has 15 rings (SSSR count). The van der Waals surface area contributed by atoms with E-state index >= 15 is 0 Å². The van der Waals surface area contributed by atoms with Crippen molar-refractivity contribution in [3.8, 4) is 70.5 Å². The van der Waals surface area contributed by atoms with Gasteiger partial charge in [0.25, 0.3) is 0 Å². The zero-order chi connectivity index (χ0) is 50.4. The van der Waals surface area contributed by atoms with Gasteiger partial charge in [-0.3, -0.25) is 4.57 Å². The van der Waals surface area contributed by atoms with Gasteiger partial charge in [0.05, 0.1) is 58.2 Å². The second-order valence-corrected chi connectivity index (χ2v) is 19.1. The van der Waals surface area contributed by atoms with Crippen molar-refractivity contribution in [2.45, 2.75) is 9.79 Å². The quantitative estimate of drug-likeness (QED) is 0.145. The molecule has 0 bridgehead atoms. The van der Waals surface area contributed by atoms with E-state index in [-0.39, 0.29) is 17.6 Å². The number of fused-ring (bicyclic) bond motifs is 11. The summed E-state index contributed by atoms with van der Waals surface area (Å²) >= 11 is 1.78. The third kappa shape index (κ3) is 6.77. The molecule has 0 fully saturated rings. The van der Waals surface area contributed by atoms with Crippen LogP contribution in [0.1, 0.15) is 11.1 Å². The van der Waals surface area contributed by atoms with Crippen LogP contribution < -0.4 is 4.90 Å². The average Bonchev–Trinajstić information content (AvgIpc) is 4.05. The summed E-state index contributed by atoms with van der Waals surface area (Å²) < 4.78 is 4.37. The molecular weight excluding hydrogens is 961 g/mol. The zero-order valence-corrected chi connectivity index (χ0v) is 40.5. The van der Waals surface area contributed by atoms with Gasteiger partial charge in [0.1, 0.15) is 35.1 Å². The molecule has 15 heteroatoms. The molecule has 7 aromatic carbocycles. The predicted molar refractivity (Wildman–Crippen MR) is 297 cm³/mol. The summed E-state index contributed by atoms with van der Waals surface area (Å²) in [5.74, 6) is 6.49. The Morgan fingerprint density at radius 3 is 1.70 bits per heavy atom. The Bertz CT molecular complexity index is 4760. The molecule has 0 atom stereocenters. The number of hydrogen-bond donors (Lipinski definition) is 0. The van der Waals surface area contributed by atoms with Gasteiger partial charge in [-0.2, -0.15) is 9.97 Å². The van der Waals surface area contributed by atoms with Crippen LogP contribution in [0.3, 0.4) is 0 Å². The number of nitrogens with zero attached hydrogens (tertiary/aromatic N) is 14. The molecule has 14 nitrogen and oxygen atoms in total. The fraction of sp³-hybridized carbons (Fsp3) is 0. The van der Waals surface area contributed by atoms with E-state index in [0.29, 0.717) is 33.7 Å². The summed E-state index contributed by atoms with van der Waals surface area (Å²) in [5.41, 5.74) is 13.9. The summed E-state index contributed by atoms with van der Waals surface area (Å²) in [6.45, 7) is 0. The van der Waals surface area contributed by atoms with Crippen LogP contribution in [-0.2, 0) is 0 Å². The van der Waals surface area contributed by atoms with Crippen molar-refractivity contribution in [2.24, 2.45) is 0 Å². The van der Waals surface area contributed by atoms with Gasteiger partial charge < -0.3 is 9.47 Å². The molecule has 0 spiro atoms. The summed E-state index contributed by atoms with van der Waals surface area (Å²) in [7, 11) is 0. The highest BCUT2D eigenvalue weighted by molar-refractivity contribution is 7.99. The minimum atomic E-state index is 0.234. The molecular formula is C61H32N14S. The number of anilines is 3. The van der Waals surface area contributed by atoms with Crippen LogP contribution in [0, 0.1) is 24.7 Å². The molecule has 76 heavy (non-hydrogen) atoms. The molecule has 0 saturated carbocycles. The van der Waals surface area contributed by atoms with Gasteiger partial charge >= 0.3 is 0 Å². The third-order valence-electron chi connectivity index (χ3n) is 13.7. The van der Waals surface area contributed by atoms with Crippen molar-refractivity contribution in [1.29, 1.82) is 0 Å². The fourth-order valence-corrected chi connectivity index (χ4v) is 11.4. The standard InChI is InChI=1S/C61H32N14S/c1-3-35-17-22-49-43(25-35)41-20-21-42-44-26-36(4-2)18-23-50(44)75(61-71-59(47-31-64-57-45(68-47)29-62-33-66-57)70-60(72-61)48-32-65-58-46(69-48)30-63-34-67-58)56(42)55(41)74(49)40-14-10-11-37(27-40)38-19-24-52-54(28-38)76-53-16-9-8-15-51(53)73(52)39-12-6-5-7-13-39/h1-2,5-34H. The molecule has 0 unspecified atom stereocenters. The first-order chi connectivity index (χ1) is 37.5. The molecule has 0 saturated heterocycles. The molecule has 352 valence electrons. The maximum absolute atomic E-state index is 6.12. The minimum Gasteiger partial charge on any atom is -0.308 e. The number of benzene rings is 7. The van der Waals surface area contributed by atoms with Crippen LogP contribution in [0.25, 0.3) is 112 Å². The molecule has 1 aliphatic heterocycles. The maximum Gasteiger partial charge on any atom is 0.238 e. The summed E-state index contributed by atoms with van der Waals surface area (Å²) in [6.07, 6.45) is 21.5. The van der Waals surface area contributed by atoms with E-state index < -0.39 is 0 Å². The van der Waals surface area contributed by atoms with E-state index in [1.165, 1.54) is 17.6 Å². The SMILES string of the molecule is C#Cc1ccc2c(c1)c1ccc3c4cc(C#C)ccc4n(-c4nc(-c5cnc6ncncc6n5)nc(-c5cnc6ncncc6n5)n4)c3c1n2-c1cccc(-c2ccc3c(c2)Sc2ccccc2N3c2ccccc2)c1. The van der Waals surface area contributed by atoms with Crippen LogP contribution in [0.2, 0.25) is 0 Å². The van der Waals surface area contributed by atoms with E-state index in [1.807, 2.05) is 30.3 Å². The number of terminal acetylenes is 2. The lowest BCUT2D eigenvalue weighted by Crippen LogP contribution is -2.14. The monoisotopic (exact) mass is 992 g/mol. The largest absolute Gasteiger partial charge is 0.308 e. The van der Waals surface area contributed by atoms with E-state index in [2.05, 4.69) is 171 Å². The van der Waals surface area contributed by atoms with Gasteiger partial charge in [0, 0.05) is 53.8 Å². The number of para-hydroxylation sites is 2. The number of hydrogen-bond acceptors (Lipinski definition) is 13. The molecule has 0 radical (unpaired) electrons. The fourth-order valence-electron chi connectivity index (χ4n) is 10.3. The van der Waals surface area contributed by atoms with Crippen molar-refractivity contribution < 1.29 is 0 Å². The first-order valence-electron chi connectivity index (χ1n) is 24.0. The van der Waals surface area contributed by atoms with E-state index in [0.717, 1.165) is 93.5 Å². The van der Waals surface area contributed by atoms with Crippen LogP contribution in [-0.4, -0.2) is 64.0 Å². The second kappa shape index (κ2) is 16.9. The van der Waals surface area contributed by atoms with Crippen LogP contribution in [0.15, 0.2) is 193 Å². The highest BCUT2D eigenvalue weighted by Crippen LogP contribution is 2.52. The maximum atomic E-state index is 6.12. The lowest BCUT2D eigenvalue weighted by atomic mass is 10.0. The van der Waals surface area contributed by atoms with Gasteiger partial charge in [-0.05, 0) is 96.1 Å². The van der Waals surface area contributed by atoms with E-state index in [4.69, 9.17) is 37.8 Å². The predicted octanol–water partition coefficient (Wildman–Crippen LogP) is 12.4. The highest BCUT2D eigenvalue weighted by Gasteiger charge is 2.27. The Labute approximate surface area is 436 Å². The van der Waals surface area contributed by atoms with Crippen molar-refractivity contribution in [3.05, 3.63) is 194 Å².